The van der Waals surface area contributed by atoms with Crippen molar-refractivity contribution in [3.05, 3.63) is 95.1 Å². The minimum Gasteiger partial charge on any atom is -0.494 e. The molecule has 0 radical (unpaired) electrons. The fourth-order valence-corrected chi connectivity index (χ4v) is 5.69. The van der Waals surface area contributed by atoms with E-state index in [-0.39, 0.29) is 11.1 Å². The molecular formula is C29H23NO6. The zero-order valence-corrected chi connectivity index (χ0v) is 19.8. The molecule has 0 unspecified atom stereocenters. The Kier molecular flexibility index (Phi) is 4.95. The summed E-state index contributed by atoms with van der Waals surface area (Å²) in [6, 6.07) is 20.4. The summed E-state index contributed by atoms with van der Waals surface area (Å²) in [6.45, 7) is 4.27. The van der Waals surface area contributed by atoms with Crippen LogP contribution in [-0.4, -0.2) is 35.6 Å². The predicted octanol–water partition coefficient (Wildman–Crippen LogP) is 4.09. The Bertz CT molecular complexity index is 1390. The van der Waals surface area contributed by atoms with Crippen molar-refractivity contribution in [3.8, 4) is 5.75 Å². The number of aryl methyl sites for hydroxylation is 1. The summed E-state index contributed by atoms with van der Waals surface area (Å²) >= 11 is 0. The van der Waals surface area contributed by atoms with Gasteiger partial charge in [0.2, 0.25) is 29.0 Å². The van der Waals surface area contributed by atoms with Crippen LogP contribution < -0.4 is 9.64 Å². The number of ether oxygens (including phenoxy) is 2. The van der Waals surface area contributed by atoms with Gasteiger partial charge in [-0.2, -0.15) is 0 Å². The normalized spacial score (nSPS) is 23.9. The lowest BCUT2D eigenvalue weighted by molar-refractivity contribution is -0.127. The SMILES string of the molecule is CCOc1ccc([C@H]2OC3(C(=O)c4ccccc4C3=O)[C@@H]3C(=O)N(c4ccc(C)cc4)C(=O)[C@H]23)cc1. The third-order valence-electron chi connectivity index (χ3n) is 7.33. The van der Waals surface area contributed by atoms with E-state index in [2.05, 4.69) is 0 Å². The van der Waals surface area contributed by atoms with E-state index in [0.717, 1.165) is 10.5 Å². The quantitative estimate of drug-likeness (QED) is 0.412. The lowest BCUT2D eigenvalue weighted by atomic mass is 9.77. The van der Waals surface area contributed by atoms with Crippen molar-refractivity contribution in [2.24, 2.45) is 11.8 Å². The van der Waals surface area contributed by atoms with Crippen LogP contribution in [0.2, 0.25) is 0 Å². The molecule has 2 saturated heterocycles. The molecule has 2 fully saturated rings. The van der Waals surface area contributed by atoms with Crippen molar-refractivity contribution in [1.82, 2.24) is 0 Å². The third kappa shape index (κ3) is 2.89. The maximum absolute atomic E-state index is 13.9. The van der Waals surface area contributed by atoms with Gasteiger partial charge in [-0.05, 0) is 43.7 Å². The highest BCUT2D eigenvalue weighted by molar-refractivity contribution is 6.37. The molecule has 0 saturated carbocycles. The van der Waals surface area contributed by atoms with Crippen LogP contribution in [0.3, 0.4) is 0 Å². The first kappa shape index (κ1) is 22.4. The fraction of sp³-hybridized carbons (Fsp3) is 0.241. The van der Waals surface area contributed by atoms with Gasteiger partial charge in [-0.15, -0.1) is 0 Å². The molecule has 1 spiro atoms. The van der Waals surface area contributed by atoms with Crippen LogP contribution in [0.1, 0.15) is 44.9 Å². The fourth-order valence-electron chi connectivity index (χ4n) is 5.69. The molecule has 6 rings (SSSR count). The van der Waals surface area contributed by atoms with Crippen LogP contribution in [0.5, 0.6) is 5.75 Å². The molecule has 36 heavy (non-hydrogen) atoms. The van der Waals surface area contributed by atoms with Gasteiger partial charge in [0.05, 0.1) is 30.2 Å². The van der Waals surface area contributed by atoms with Crippen LogP contribution in [0.15, 0.2) is 72.8 Å². The van der Waals surface area contributed by atoms with Gasteiger partial charge in [0.1, 0.15) is 5.75 Å². The number of carbonyl (C=O) groups is 4. The number of carbonyl (C=O) groups excluding carboxylic acids is 4. The lowest BCUT2D eigenvalue weighted by Gasteiger charge is -2.27. The standard InChI is InChI=1S/C29H23NO6/c1-3-35-19-14-10-17(11-15-19)24-22-23(28(34)30(27(22)33)18-12-8-16(2)9-13-18)29(36-24)25(31)20-6-4-5-7-21(20)26(29)32/h4-15,22-24H,3H2,1-2H3/t22-,23-,24+/m0/s1. The Morgan fingerprint density at radius 2 is 1.44 bits per heavy atom. The summed E-state index contributed by atoms with van der Waals surface area (Å²) < 4.78 is 11.8. The first-order valence-corrected chi connectivity index (χ1v) is 11.9. The summed E-state index contributed by atoms with van der Waals surface area (Å²) in [5.41, 5.74) is 0.311. The smallest absolute Gasteiger partial charge is 0.241 e. The molecule has 2 amide bonds. The summed E-state index contributed by atoms with van der Waals surface area (Å²) in [4.78, 5) is 56.4. The van der Waals surface area contributed by atoms with Gasteiger partial charge in [0, 0.05) is 11.1 Å². The van der Waals surface area contributed by atoms with Crippen molar-refractivity contribution < 1.29 is 28.7 Å². The van der Waals surface area contributed by atoms with Gasteiger partial charge in [-0.1, -0.05) is 54.1 Å². The van der Waals surface area contributed by atoms with Crippen molar-refractivity contribution in [1.29, 1.82) is 0 Å². The van der Waals surface area contributed by atoms with E-state index in [0.29, 0.717) is 23.6 Å². The number of imide groups is 1. The largest absolute Gasteiger partial charge is 0.494 e. The molecule has 2 heterocycles. The molecule has 1 aliphatic carbocycles. The number of amides is 2. The van der Waals surface area contributed by atoms with Crippen molar-refractivity contribution in [2.75, 3.05) is 11.5 Å². The van der Waals surface area contributed by atoms with E-state index in [1.807, 2.05) is 26.0 Å². The van der Waals surface area contributed by atoms with Crippen molar-refractivity contribution >= 4 is 29.1 Å². The second kappa shape index (κ2) is 7.96. The van der Waals surface area contributed by atoms with E-state index >= 15 is 0 Å². The van der Waals surface area contributed by atoms with E-state index in [4.69, 9.17) is 9.47 Å². The number of rotatable bonds is 4. The Balaban J connectivity index is 1.50. The van der Waals surface area contributed by atoms with Crippen LogP contribution in [-0.2, 0) is 14.3 Å². The van der Waals surface area contributed by atoms with Crippen LogP contribution in [0.4, 0.5) is 5.69 Å². The summed E-state index contributed by atoms with van der Waals surface area (Å²) in [7, 11) is 0. The molecule has 3 aliphatic rings. The van der Waals surface area contributed by atoms with Gasteiger partial charge >= 0.3 is 0 Å². The second-order valence-electron chi connectivity index (χ2n) is 9.33. The van der Waals surface area contributed by atoms with E-state index in [9.17, 15) is 19.2 Å². The first-order chi connectivity index (χ1) is 17.4. The molecule has 180 valence electrons. The van der Waals surface area contributed by atoms with Crippen LogP contribution in [0, 0.1) is 18.8 Å². The van der Waals surface area contributed by atoms with Crippen molar-refractivity contribution in [3.63, 3.8) is 0 Å². The first-order valence-electron chi connectivity index (χ1n) is 11.9. The van der Waals surface area contributed by atoms with E-state index in [1.165, 1.54) is 0 Å². The monoisotopic (exact) mass is 481 g/mol. The summed E-state index contributed by atoms with van der Waals surface area (Å²) in [6.07, 6.45) is -0.959. The van der Waals surface area contributed by atoms with Gasteiger partial charge in [-0.3, -0.25) is 19.2 Å². The van der Waals surface area contributed by atoms with E-state index in [1.54, 1.807) is 60.7 Å². The summed E-state index contributed by atoms with van der Waals surface area (Å²) in [5.74, 6) is -3.88. The Morgan fingerprint density at radius 3 is 2.03 bits per heavy atom. The molecular weight excluding hydrogens is 458 g/mol. The minimum absolute atomic E-state index is 0.211. The molecule has 7 heteroatoms. The summed E-state index contributed by atoms with van der Waals surface area (Å²) in [5, 5.41) is 0. The van der Waals surface area contributed by atoms with Crippen LogP contribution in [0.25, 0.3) is 0 Å². The Hall–Kier alpha value is -4.10. The number of Topliss-reactive ketones (excluding diaryl/α,β-unsaturated/α-hetero) is 2. The van der Waals surface area contributed by atoms with Gasteiger partial charge in [0.15, 0.2) is 0 Å². The number of anilines is 1. The lowest BCUT2D eigenvalue weighted by Crippen LogP contribution is -2.51. The highest BCUT2D eigenvalue weighted by Crippen LogP contribution is 2.57. The number of benzene rings is 3. The third-order valence-corrected chi connectivity index (χ3v) is 7.33. The Morgan fingerprint density at radius 1 is 0.833 bits per heavy atom. The molecule has 0 aromatic heterocycles. The number of ketones is 2. The predicted molar refractivity (Wildman–Crippen MR) is 130 cm³/mol. The second-order valence-corrected chi connectivity index (χ2v) is 9.33. The van der Waals surface area contributed by atoms with Gasteiger partial charge < -0.3 is 9.47 Å². The number of hydrogen-bond acceptors (Lipinski definition) is 6. The molecule has 3 aromatic rings. The zero-order chi connectivity index (χ0) is 25.2. The Labute approximate surface area is 207 Å². The molecule has 3 atom stereocenters. The molecule has 2 aliphatic heterocycles. The van der Waals surface area contributed by atoms with Gasteiger partial charge in [0.25, 0.3) is 0 Å². The number of fused-ring (bicyclic) bond motifs is 3. The minimum atomic E-state index is -2.08. The zero-order valence-electron chi connectivity index (χ0n) is 19.8. The maximum atomic E-state index is 13.9. The van der Waals surface area contributed by atoms with Crippen molar-refractivity contribution in [2.45, 2.75) is 25.6 Å². The van der Waals surface area contributed by atoms with Gasteiger partial charge in [-0.25, -0.2) is 4.90 Å². The average Bonchev–Trinajstić information content (AvgIpc) is 3.45. The molecule has 3 aromatic carbocycles. The number of hydrogen-bond donors (Lipinski definition) is 0. The molecule has 0 N–H and O–H groups in total. The van der Waals surface area contributed by atoms with Crippen LogP contribution >= 0.6 is 0 Å². The molecule has 7 nitrogen and oxygen atoms in total. The topological polar surface area (TPSA) is 90.0 Å². The maximum Gasteiger partial charge on any atom is 0.241 e. The highest BCUT2D eigenvalue weighted by atomic mass is 16.5. The number of nitrogens with zero attached hydrogens (tertiary/aromatic N) is 1. The molecule has 0 bridgehead atoms. The highest BCUT2D eigenvalue weighted by Gasteiger charge is 2.74. The average molecular weight is 482 g/mol. The van der Waals surface area contributed by atoms with E-state index < -0.39 is 46.9 Å².